The summed E-state index contributed by atoms with van der Waals surface area (Å²) in [4.78, 5) is 0. The highest BCUT2D eigenvalue weighted by Gasteiger charge is 2.19. The fraction of sp³-hybridized carbons (Fsp3) is 0.647. The van der Waals surface area contributed by atoms with Crippen LogP contribution in [0.15, 0.2) is 24.3 Å². The maximum absolute atomic E-state index is 6.20. The van der Waals surface area contributed by atoms with E-state index in [0.717, 1.165) is 24.3 Å². The SMILES string of the molecule is CCC(N)C(OCCOCC(C)C)c1cccc(OC)c1. The van der Waals surface area contributed by atoms with Gasteiger partial charge in [-0.1, -0.05) is 32.9 Å². The molecule has 21 heavy (non-hydrogen) atoms. The first-order chi connectivity index (χ1) is 10.1. The van der Waals surface area contributed by atoms with Gasteiger partial charge in [0.15, 0.2) is 0 Å². The van der Waals surface area contributed by atoms with Crippen molar-refractivity contribution >= 4 is 0 Å². The third kappa shape index (κ3) is 6.46. The van der Waals surface area contributed by atoms with Gasteiger partial charge in [-0.3, -0.25) is 0 Å². The Labute approximate surface area is 128 Å². The zero-order valence-corrected chi connectivity index (χ0v) is 13.7. The zero-order chi connectivity index (χ0) is 15.7. The highest BCUT2D eigenvalue weighted by atomic mass is 16.5. The van der Waals surface area contributed by atoms with Crippen LogP contribution in [0.4, 0.5) is 0 Å². The van der Waals surface area contributed by atoms with Crippen molar-refractivity contribution < 1.29 is 14.2 Å². The summed E-state index contributed by atoms with van der Waals surface area (Å²) < 4.78 is 16.8. The number of nitrogens with two attached hydrogens (primary N) is 1. The zero-order valence-electron chi connectivity index (χ0n) is 13.7. The van der Waals surface area contributed by atoms with E-state index in [2.05, 4.69) is 20.8 Å². The average Bonchev–Trinajstić information content (AvgIpc) is 2.50. The molecule has 0 saturated carbocycles. The second kappa shape index (κ2) is 9.77. The first-order valence-corrected chi connectivity index (χ1v) is 7.67. The Morgan fingerprint density at radius 3 is 2.57 bits per heavy atom. The van der Waals surface area contributed by atoms with Gasteiger partial charge in [0.2, 0.25) is 0 Å². The van der Waals surface area contributed by atoms with Gasteiger partial charge in [0, 0.05) is 12.6 Å². The lowest BCUT2D eigenvalue weighted by molar-refractivity contribution is -0.0124. The van der Waals surface area contributed by atoms with Crippen molar-refractivity contribution in [1.82, 2.24) is 0 Å². The van der Waals surface area contributed by atoms with Crippen LogP contribution in [-0.4, -0.2) is 33.0 Å². The van der Waals surface area contributed by atoms with Crippen molar-refractivity contribution in [2.24, 2.45) is 11.7 Å². The molecule has 120 valence electrons. The Morgan fingerprint density at radius 2 is 1.95 bits per heavy atom. The van der Waals surface area contributed by atoms with Gasteiger partial charge in [-0.05, 0) is 30.0 Å². The number of methoxy groups -OCH3 is 1. The van der Waals surface area contributed by atoms with Crippen LogP contribution in [0.3, 0.4) is 0 Å². The molecule has 1 aromatic carbocycles. The Kier molecular flexibility index (Phi) is 8.35. The molecular weight excluding hydrogens is 266 g/mol. The molecule has 0 aromatic heterocycles. The summed E-state index contributed by atoms with van der Waals surface area (Å²) in [6.45, 7) is 8.22. The van der Waals surface area contributed by atoms with E-state index in [0.29, 0.717) is 19.1 Å². The molecule has 1 aromatic rings. The maximum atomic E-state index is 6.20. The van der Waals surface area contributed by atoms with Gasteiger partial charge in [0.1, 0.15) is 5.75 Å². The van der Waals surface area contributed by atoms with Gasteiger partial charge in [0.25, 0.3) is 0 Å². The Morgan fingerprint density at radius 1 is 1.19 bits per heavy atom. The molecule has 0 aliphatic heterocycles. The largest absolute Gasteiger partial charge is 0.497 e. The van der Waals surface area contributed by atoms with Crippen LogP contribution in [0.1, 0.15) is 38.9 Å². The van der Waals surface area contributed by atoms with E-state index in [1.165, 1.54) is 0 Å². The quantitative estimate of drug-likeness (QED) is 0.674. The van der Waals surface area contributed by atoms with Crippen LogP contribution >= 0.6 is 0 Å². The first-order valence-electron chi connectivity index (χ1n) is 7.67. The van der Waals surface area contributed by atoms with Crippen molar-refractivity contribution in [1.29, 1.82) is 0 Å². The summed E-state index contributed by atoms with van der Waals surface area (Å²) in [7, 11) is 1.66. The molecule has 0 aliphatic carbocycles. The second-order valence-corrected chi connectivity index (χ2v) is 5.61. The fourth-order valence-electron chi connectivity index (χ4n) is 2.05. The third-order valence-corrected chi connectivity index (χ3v) is 3.26. The molecule has 2 N–H and O–H groups in total. The fourth-order valence-corrected chi connectivity index (χ4v) is 2.05. The van der Waals surface area contributed by atoms with Gasteiger partial charge in [-0.2, -0.15) is 0 Å². The van der Waals surface area contributed by atoms with Gasteiger partial charge in [0.05, 0.1) is 26.4 Å². The smallest absolute Gasteiger partial charge is 0.119 e. The summed E-state index contributed by atoms with van der Waals surface area (Å²) in [6, 6.07) is 7.85. The molecular formula is C17H29NO3. The van der Waals surface area contributed by atoms with E-state index in [1.807, 2.05) is 24.3 Å². The summed E-state index contributed by atoms with van der Waals surface area (Å²) in [6.07, 6.45) is 0.724. The minimum absolute atomic E-state index is 0.0396. The molecule has 0 amide bonds. The van der Waals surface area contributed by atoms with E-state index in [1.54, 1.807) is 7.11 Å². The van der Waals surface area contributed by atoms with Crippen molar-refractivity contribution in [3.05, 3.63) is 29.8 Å². The van der Waals surface area contributed by atoms with Crippen molar-refractivity contribution in [2.75, 3.05) is 26.9 Å². The molecule has 4 nitrogen and oxygen atoms in total. The molecule has 0 fully saturated rings. The molecule has 2 unspecified atom stereocenters. The minimum Gasteiger partial charge on any atom is -0.497 e. The molecule has 0 spiro atoms. The van der Waals surface area contributed by atoms with E-state index in [4.69, 9.17) is 19.9 Å². The first kappa shape index (κ1) is 18.0. The number of ether oxygens (including phenoxy) is 3. The normalized spacial score (nSPS) is 14.2. The molecule has 2 atom stereocenters. The Bertz CT molecular complexity index is 395. The molecule has 0 heterocycles. The number of hydrogen-bond acceptors (Lipinski definition) is 4. The Hall–Kier alpha value is -1.10. The lowest BCUT2D eigenvalue weighted by Gasteiger charge is -2.24. The minimum atomic E-state index is -0.132. The summed E-state index contributed by atoms with van der Waals surface area (Å²) >= 11 is 0. The van der Waals surface area contributed by atoms with Gasteiger partial charge >= 0.3 is 0 Å². The highest BCUT2D eigenvalue weighted by Crippen LogP contribution is 2.25. The standard InChI is InChI=1S/C17H29NO3/c1-5-16(18)17(21-10-9-20-12-13(2)3)14-7-6-8-15(11-14)19-4/h6-8,11,13,16-17H,5,9-10,12,18H2,1-4H3. The molecule has 4 heteroatoms. The second-order valence-electron chi connectivity index (χ2n) is 5.61. The predicted molar refractivity (Wildman–Crippen MR) is 85.6 cm³/mol. The molecule has 0 saturated heterocycles. The molecule has 0 radical (unpaired) electrons. The summed E-state index contributed by atoms with van der Waals surface area (Å²) in [5.74, 6) is 1.36. The van der Waals surface area contributed by atoms with Crippen LogP contribution in [0, 0.1) is 5.92 Å². The number of hydrogen-bond donors (Lipinski definition) is 1. The van der Waals surface area contributed by atoms with Crippen molar-refractivity contribution in [3.8, 4) is 5.75 Å². The average molecular weight is 295 g/mol. The van der Waals surface area contributed by atoms with Crippen LogP contribution in [0.25, 0.3) is 0 Å². The highest BCUT2D eigenvalue weighted by molar-refractivity contribution is 5.30. The topological polar surface area (TPSA) is 53.7 Å². The van der Waals surface area contributed by atoms with Crippen LogP contribution in [0.2, 0.25) is 0 Å². The van der Waals surface area contributed by atoms with Crippen LogP contribution in [-0.2, 0) is 9.47 Å². The number of benzene rings is 1. The Balaban J connectivity index is 2.59. The summed E-state index contributed by atoms with van der Waals surface area (Å²) in [5.41, 5.74) is 7.25. The molecule has 0 bridgehead atoms. The van der Waals surface area contributed by atoms with E-state index < -0.39 is 0 Å². The lowest BCUT2D eigenvalue weighted by atomic mass is 10.0. The maximum Gasteiger partial charge on any atom is 0.119 e. The van der Waals surface area contributed by atoms with Crippen LogP contribution in [0.5, 0.6) is 5.75 Å². The van der Waals surface area contributed by atoms with Crippen LogP contribution < -0.4 is 10.5 Å². The molecule has 0 aliphatic rings. The van der Waals surface area contributed by atoms with E-state index >= 15 is 0 Å². The molecule has 1 rings (SSSR count). The third-order valence-electron chi connectivity index (χ3n) is 3.26. The van der Waals surface area contributed by atoms with E-state index in [9.17, 15) is 0 Å². The monoisotopic (exact) mass is 295 g/mol. The van der Waals surface area contributed by atoms with Gasteiger partial charge in [-0.15, -0.1) is 0 Å². The van der Waals surface area contributed by atoms with Gasteiger partial charge < -0.3 is 19.9 Å². The van der Waals surface area contributed by atoms with E-state index in [-0.39, 0.29) is 12.1 Å². The van der Waals surface area contributed by atoms with Crippen molar-refractivity contribution in [2.45, 2.75) is 39.3 Å². The number of rotatable bonds is 10. The van der Waals surface area contributed by atoms with Crippen molar-refractivity contribution in [3.63, 3.8) is 0 Å². The van der Waals surface area contributed by atoms with Gasteiger partial charge in [-0.25, -0.2) is 0 Å². The lowest BCUT2D eigenvalue weighted by Crippen LogP contribution is -2.30. The predicted octanol–water partition coefficient (Wildman–Crippen LogP) is 3.16. The summed E-state index contributed by atoms with van der Waals surface area (Å²) in [5, 5.41) is 0.